The van der Waals surface area contributed by atoms with E-state index < -0.39 is 11.9 Å². The van der Waals surface area contributed by atoms with Gasteiger partial charge in [0, 0.05) is 18.3 Å². The van der Waals surface area contributed by atoms with Gasteiger partial charge in [0.1, 0.15) is 0 Å². The van der Waals surface area contributed by atoms with Crippen LogP contribution in [-0.4, -0.2) is 34.6 Å². The Labute approximate surface area is 118 Å². The first-order chi connectivity index (χ1) is 9.40. The summed E-state index contributed by atoms with van der Waals surface area (Å²) in [6.07, 6.45) is 0.511. The number of hydrogen-bond acceptors (Lipinski definition) is 2. The molecular formula is C15H20N2O3. The van der Waals surface area contributed by atoms with Gasteiger partial charge in [-0.2, -0.15) is 0 Å². The average molecular weight is 276 g/mol. The molecule has 0 saturated carbocycles. The molecule has 0 aromatic heterocycles. The number of aryl methyl sites for hydroxylation is 2. The third kappa shape index (κ3) is 2.76. The smallest absolute Gasteiger partial charge is 0.322 e. The molecule has 2 unspecified atom stereocenters. The van der Waals surface area contributed by atoms with Gasteiger partial charge in [-0.25, -0.2) is 4.79 Å². The third-order valence-corrected chi connectivity index (χ3v) is 3.96. The molecule has 1 saturated heterocycles. The van der Waals surface area contributed by atoms with Gasteiger partial charge in [-0.3, -0.25) is 4.79 Å². The molecule has 1 fully saturated rings. The summed E-state index contributed by atoms with van der Waals surface area (Å²) in [5.41, 5.74) is 2.91. The molecule has 0 spiro atoms. The van der Waals surface area contributed by atoms with Crippen LogP contribution in [0.4, 0.5) is 10.5 Å². The first kappa shape index (κ1) is 14.4. The highest BCUT2D eigenvalue weighted by molar-refractivity contribution is 5.91. The Balaban J connectivity index is 2.07. The summed E-state index contributed by atoms with van der Waals surface area (Å²) < 4.78 is 0. The number of benzene rings is 1. The fraction of sp³-hybridized carbons (Fsp3) is 0.467. The first-order valence-electron chi connectivity index (χ1n) is 6.78. The number of carbonyl (C=O) groups excluding carboxylic acids is 1. The van der Waals surface area contributed by atoms with Gasteiger partial charge in [0.2, 0.25) is 0 Å². The number of hydrogen-bond donors (Lipinski definition) is 2. The maximum atomic E-state index is 12.3. The molecular weight excluding hydrogens is 256 g/mol. The van der Waals surface area contributed by atoms with Crippen LogP contribution in [0.3, 0.4) is 0 Å². The Kier molecular flexibility index (Phi) is 3.97. The lowest BCUT2D eigenvalue weighted by Gasteiger charge is -2.24. The van der Waals surface area contributed by atoms with E-state index in [1.807, 2.05) is 32.0 Å². The molecule has 2 rings (SSSR count). The predicted molar refractivity (Wildman–Crippen MR) is 76.8 cm³/mol. The number of carboxylic acid groups (broad SMARTS) is 1. The number of carbonyl (C=O) groups is 2. The quantitative estimate of drug-likeness (QED) is 0.872. The lowest BCUT2D eigenvalue weighted by molar-refractivity contribution is -0.142. The fourth-order valence-corrected chi connectivity index (χ4v) is 2.70. The molecule has 2 atom stereocenters. The zero-order chi connectivity index (χ0) is 14.9. The molecule has 1 aromatic rings. The van der Waals surface area contributed by atoms with Gasteiger partial charge in [-0.05, 0) is 38.8 Å². The maximum absolute atomic E-state index is 12.3. The van der Waals surface area contributed by atoms with E-state index in [1.54, 1.807) is 11.8 Å². The summed E-state index contributed by atoms with van der Waals surface area (Å²) in [5, 5.41) is 12.0. The minimum atomic E-state index is -0.834. The average Bonchev–Trinajstić information content (AvgIpc) is 2.74. The first-order valence-corrected chi connectivity index (χ1v) is 6.78. The number of likely N-dealkylation sites (tertiary alicyclic amines) is 1. The Morgan fingerprint density at radius 2 is 2.05 bits per heavy atom. The highest BCUT2D eigenvalue weighted by atomic mass is 16.4. The van der Waals surface area contributed by atoms with Crippen LogP contribution in [0.15, 0.2) is 18.2 Å². The van der Waals surface area contributed by atoms with Gasteiger partial charge >= 0.3 is 12.0 Å². The Hall–Kier alpha value is -2.04. The van der Waals surface area contributed by atoms with Crippen LogP contribution in [0, 0.1) is 19.8 Å². The van der Waals surface area contributed by atoms with Crippen molar-refractivity contribution >= 4 is 17.7 Å². The molecule has 2 N–H and O–H groups in total. The van der Waals surface area contributed by atoms with Gasteiger partial charge in [-0.1, -0.05) is 17.7 Å². The third-order valence-electron chi connectivity index (χ3n) is 3.96. The zero-order valence-electron chi connectivity index (χ0n) is 12.0. The van der Waals surface area contributed by atoms with E-state index in [-0.39, 0.29) is 12.1 Å². The van der Waals surface area contributed by atoms with Crippen molar-refractivity contribution in [3.63, 3.8) is 0 Å². The number of aliphatic carboxylic acids is 1. The Morgan fingerprint density at radius 3 is 2.60 bits per heavy atom. The molecule has 1 aliphatic rings. The fourth-order valence-electron chi connectivity index (χ4n) is 2.70. The second kappa shape index (κ2) is 5.53. The monoisotopic (exact) mass is 276 g/mol. The molecule has 5 heteroatoms. The van der Waals surface area contributed by atoms with E-state index in [0.29, 0.717) is 13.0 Å². The van der Waals surface area contributed by atoms with Crippen molar-refractivity contribution in [2.75, 3.05) is 11.9 Å². The number of nitrogens with zero attached hydrogens (tertiary/aromatic N) is 1. The van der Waals surface area contributed by atoms with Gasteiger partial charge in [-0.15, -0.1) is 0 Å². The molecule has 20 heavy (non-hydrogen) atoms. The van der Waals surface area contributed by atoms with Crippen LogP contribution in [0.1, 0.15) is 24.5 Å². The molecule has 0 bridgehead atoms. The lowest BCUT2D eigenvalue weighted by atomic mass is 10.0. The maximum Gasteiger partial charge on any atom is 0.322 e. The summed E-state index contributed by atoms with van der Waals surface area (Å²) in [4.78, 5) is 24.9. The normalized spacial score (nSPS) is 21.9. The number of anilines is 1. The van der Waals surface area contributed by atoms with Crippen molar-refractivity contribution in [2.45, 2.75) is 33.2 Å². The van der Waals surface area contributed by atoms with Crippen molar-refractivity contribution in [1.82, 2.24) is 4.90 Å². The zero-order valence-corrected chi connectivity index (χ0v) is 12.0. The van der Waals surface area contributed by atoms with E-state index >= 15 is 0 Å². The Morgan fingerprint density at radius 1 is 1.35 bits per heavy atom. The number of nitrogens with one attached hydrogen (secondary N) is 1. The van der Waals surface area contributed by atoms with Crippen molar-refractivity contribution < 1.29 is 14.7 Å². The van der Waals surface area contributed by atoms with Crippen molar-refractivity contribution in [1.29, 1.82) is 0 Å². The summed E-state index contributed by atoms with van der Waals surface area (Å²) in [7, 11) is 0. The molecule has 108 valence electrons. The van der Waals surface area contributed by atoms with Crippen LogP contribution in [0.25, 0.3) is 0 Å². The van der Waals surface area contributed by atoms with Crippen LogP contribution >= 0.6 is 0 Å². The van der Waals surface area contributed by atoms with E-state index in [0.717, 1.165) is 16.8 Å². The highest BCUT2D eigenvalue weighted by Crippen LogP contribution is 2.25. The molecule has 2 amide bonds. The number of carboxylic acids is 1. The largest absolute Gasteiger partial charge is 0.481 e. The summed E-state index contributed by atoms with van der Waals surface area (Å²) in [6.45, 7) is 6.21. The van der Waals surface area contributed by atoms with Gasteiger partial charge in [0.05, 0.1) is 5.92 Å². The molecule has 5 nitrogen and oxygen atoms in total. The summed E-state index contributed by atoms with van der Waals surface area (Å²) in [6, 6.07) is 5.31. The Bertz CT molecular complexity index is 542. The number of amides is 2. The van der Waals surface area contributed by atoms with Crippen molar-refractivity contribution in [3.05, 3.63) is 29.3 Å². The standard InChI is InChI=1S/C15H20N2O3/c1-9-4-5-13(10(2)8-9)16-15(20)17-7-6-12(11(17)3)14(18)19/h4-5,8,11-12H,6-7H2,1-3H3,(H,16,20)(H,18,19). The van der Waals surface area contributed by atoms with E-state index in [4.69, 9.17) is 5.11 Å². The second-order valence-electron chi connectivity index (χ2n) is 5.42. The molecule has 0 aliphatic carbocycles. The SMILES string of the molecule is Cc1ccc(NC(=O)N2CCC(C(=O)O)C2C)c(C)c1. The van der Waals surface area contributed by atoms with E-state index in [2.05, 4.69) is 5.32 Å². The predicted octanol–water partition coefficient (Wildman–Crippen LogP) is 2.63. The second-order valence-corrected chi connectivity index (χ2v) is 5.42. The van der Waals surface area contributed by atoms with Crippen LogP contribution in [-0.2, 0) is 4.79 Å². The van der Waals surface area contributed by atoms with Gasteiger partial charge in [0.15, 0.2) is 0 Å². The number of rotatable bonds is 2. The minimum Gasteiger partial charge on any atom is -0.481 e. The summed E-state index contributed by atoms with van der Waals surface area (Å²) in [5.74, 6) is -1.31. The van der Waals surface area contributed by atoms with Crippen molar-refractivity contribution in [2.24, 2.45) is 5.92 Å². The van der Waals surface area contributed by atoms with Crippen LogP contribution in [0.5, 0.6) is 0 Å². The van der Waals surface area contributed by atoms with Gasteiger partial charge in [0.25, 0.3) is 0 Å². The molecule has 1 heterocycles. The minimum absolute atomic E-state index is 0.229. The topological polar surface area (TPSA) is 69.6 Å². The van der Waals surface area contributed by atoms with E-state index in [1.165, 1.54) is 0 Å². The van der Waals surface area contributed by atoms with Gasteiger partial charge < -0.3 is 15.3 Å². The van der Waals surface area contributed by atoms with E-state index in [9.17, 15) is 9.59 Å². The van der Waals surface area contributed by atoms with Crippen LogP contribution in [0.2, 0.25) is 0 Å². The lowest BCUT2D eigenvalue weighted by Crippen LogP contribution is -2.40. The van der Waals surface area contributed by atoms with Crippen molar-refractivity contribution in [3.8, 4) is 0 Å². The highest BCUT2D eigenvalue weighted by Gasteiger charge is 2.38. The summed E-state index contributed by atoms with van der Waals surface area (Å²) >= 11 is 0. The molecule has 0 radical (unpaired) electrons. The molecule has 1 aromatic carbocycles. The molecule has 1 aliphatic heterocycles. The van der Waals surface area contributed by atoms with Crippen LogP contribution < -0.4 is 5.32 Å². The number of urea groups is 1.